The average Bonchev–Trinajstić information content (AvgIpc) is 2.75. The van der Waals surface area contributed by atoms with Crippen LogP contribution in [0.5, 0.6) is 0 Å². The first-order chi connectivity index (χ1) is 8.39. The molecule has 2 aromatic heterocycles. The number of imidazole rings is 1. The summed E-state index contributed by atoms with van der Waals surface area (Å²) in [6.45, 7) is 2.68. The predicted octanol–water partition coefficient (Wildman–Crippen LogP) is 1.41. The second-order valence-corrected chi connectivity index (χ2v) is 3.25. The molecule has 0 saturated carbocycles. The summed E-state index contributed by atoms with van der Waals surface area (Å²) < 4.78 is 36.7. The smallest absolute Gasteiger partial charge is 0.340 e. The zero-order valence-electron chi connectivity index (χ0n) is 8.75. The van der Waals surface area contributed by atoms with Crippen LogP contribution in [0.15, 0.2) is 24.8 Å². The monoisotopic (exact) mass is 257 g/mol. The van der Waals surface area contributed by atoms with Crippen molar-refractivity contribution in [1.82, 2.24) is 19.9 Å². The lowest BCUT2D eigenvalue weighted by Gasteiger charge is -2.09. The molecule has 18 heavy (non-hydrogen) atoms. The van der Waals surface area contributed by atoms with E-state index < -0.39 is 17.7 Å². The third-order valence-electron chi connectivity index (χ3n) is 2.07. The summed E-state index contributed by atoms with van der Waals surface area (Å²) >= 11 is 0. The van der Waals surface area contributed by atoms with Crippen LogP contribution in [-0.2, 0) is 4.79 Å². The van der Waals surface area contributed by atoms with E-state index in [1.54, 1.807) is 0 Å². The number of rotatable bonds is 2. The van der Waals surface area contributed by atoms with Gasteiger partial charge in [-0.15, -0.1) is 0 Å². The Hall–Kier alpha value is -2.45. The van der Waals surface area contributed by atoms with Crippen molar-refractivity contribution >= 4 is 22.9 Å². The molecular weight excluding hydrogens is 251 g/mol. The Kier molecular flexibility index (Phi) is 2.73. The summed E-state index contributed by atoms with van der Waals surface area (Å²) in [5, 5.41) is 2.00. The van der Waals surface area contributed by atoms with E-state index in [-0.39, 0.29) is 17.0 Å². The number of carbonyl (C=O) groups excluding carboxylic acids is 1. The van der Waals surface area contributed by atoms with Gasteiger partial charge in [-0.3, -0.25) is 4.79 Å². The second-order valence-electron chi connectivity index (χ2n) is 3.25. The number of anilines is 1. The Morgan fingerprint density at radius 3 is 2.72 bits per heavy atom. The molecule has 0 unspecified atom stereocenters. The SMILES string of the molecule is C=C(C(=O)Nc1ncnc2nc[nH]c12)C(F)(F)F. The Morgan fingerprint density at radius 2 is 2.06 bits per heavy atom. The van der Waals surface area contributed by atoms with Gasteiger partial charge in [0.15, 0.2) is 11.5 Å². The Bertz CT molecular complexity index is 618. The van der Waals surface area contributed by atoms with Crippen LogP contribution in [-0.4, -0.2) is 32.0 Å². The Morgan fingerprint density at radius 1 is 1.33 bits per heavy atom. The number of fused-ring (bicyclic) bond motifs is 1. The number of hydrogen-bond acceptors (Lipinski definition) is 4. The number of aromatic amines is 1. The van der Waals surface area contributed by atoms with E-state index in [1.165, 1.54) is 6.33 Å². The van der Waals surface area contributed by atoms with Gasteiger partial charge in [-0.25, -0.2) is 15.0 Å². The van der Waals surface area contributed by atoms with Crippen molar-refractivity contribution in [3.63, 3.8) is 0 Å². The molecule has 2 heterocycles. The van der Waals surface area contributed by atoms with Gasteiger partial charge in [-0.2, -0.15) is 13.2 Å². The number of halogens is 3. The summed E-state index contributed by atoms with van der Waals surface area (Å²) in [6.07, 6.45) is -2.42. The van der Waals surface area contributed by atoms with Gasteiger partial charge in [-0.05, 0) is 0 Å². The number of aromatic nitrogens is 4. The normalized spacial score (nSPS) is 11.5. The Balaban J connectivity index is 2.27. The van der Waals surface area contributed by atoms with Crippen molar-refractivity contribution in [2.24, 2.45) is 0 Å². The molecule has 9 heteroatoms. The Labute approximate surface area is 98.0 Å². The topological polar surface area (TPSA) is 83.6 Å². The fourth-order valence-electron chi connectivity index (χ4n) is 1.17. The maximum absolute atomic E-state index is 12.2. The van der Waals surface area contributed by atoms with E-state index in [1.807, 2.05) is 5.32 Å². The lowest BCUT2D eigenvalue weighted by Crippen LogP contribution is -2.25. The molecule has 0 saturated heterocycles. The van der Waals surface area contributed by atoms with E-state index in [0.717, 1.165) is 6.33 Å². The molecule has 0 atom stereocenters. The first-order valence-electron chi connectivity index (χ1n) is 4.61. The largest absolute Gasteiger partial charge is 0.421 e. The van der Waals surface area contributed by atoms with Crippen LogP contribution in [0, 0.1) is 0 Å². The lowest BCUT2D eigenvalue weighted by atomic mass is 10.3. The van der Waals surface area contributed by atoms with Crippen molar-refractivity contribution < 1.29 is 18.0 Å². The third kappa shape index (κ3) is 2.14. The van der Waals surface area contributed by atoms with Gasteiger partial charge >= 0.3 is 6.18 Å². The molecule has 2 N–H and O–H groups in total. The van der Waals surface area contributed by atoms with Crippen molar-refractivity contribution in [3.8, 4) is 0 Å². The van der Waals surface area contributed by atoms with E-state index in [2.05, 4.69) is 26.5 Å². The molecule has 0 radical (unpaired) electrons. The van der Waals surface area contributed by atoms with Gasteiger partial charge in [0.05, 0.1) is 6.33 Å². The first kappa shape index (κ1) is 12.0. The van der Waals surface area contributed by atoms with Gasteiger partial charge in [-0.1, -0.05) is 6.58 Å². The highest BCUT2D eigenvalue weighted by molar-refractivity contribution is 6.06. The zero-order valence-corrected chi connectivity index (χ0v) is 8.75. The van der Waals surface area contributed by atoms with Crippen molar-refractivity contribution in [2.75, 3.05) is 5.32 Å². The molecule has 0 aliphatic rings. The van der Waals surface area contributed by atoms with Crippen LogP contribution >= 0.6 is 0 Å². The molecule has 0 bridgehead atoms. The van der Waals surface area contributed by atoms with Gasteiger partial charge in [0.1, 0.15) is 17.4 Å². The number of alkyl halides is 3. The average molecular weight is 257 g/mol. The second kappa shape index (κ2) is 4.09. The summed E-state index contributed by atoms with van der Waals surface area (Å²) in [5.41, 5.74) is -1.03. The number of nitrogens with one attached hydrogen (secondary N) is 2. The van der Waals surface area contributed by atoms with Crippen LogP contribution < -0.4 is 5.32 Å². The number of amides is 1. The van der Waals surface area contributed by atoms with Crippen LogP contribution in [0.25, 0.3) is 11.2 Å². The minimum absolute atomic E-state index is 0.0899. The maximum Gasteiger partial charge on any atom is 0.421 e. The number of hydrogen-bond donors (Lipinski definition) is 2. The van der Waals surface area contributed by atoms with Gasteiger partial charge in [0.2, 0.25) is 0 Å². The molecule has 0 spiro atoms. The summed E-state index contributed by atoms with van der Waals surface area (Å²) in [6, 6.07) is 0. The quantitative estimate of drug-likeness (QED) is 0.797. The molecule has 0 aromatic carbocycles. The molecule has 0 aliphatic carbocycles. The van der Waals surface area contributed by atoms with Crippen LogP contribution in [0.4, 0.5) is 19.0 Å². The van der Waals surface area contributed by atoms with Crippen molar-refractivity contribution in [1.29, 1.82) is 0 Å². The number of H-pyrrole nitrogens is 1. The third-order valence-corrected chi connectivity index (χ3v) is 2.07. The van der Waals surface area contributed by atoms with Gasteiger partial charge in [0.25, 0.3) is 5.91 Å². The van der Waals surface area contributed by atoms with Gasteiger partial charge < -0.3 is 10.3 Å². The van der Waals surface area contributed by atoms with Gasteiger partial charge in [0, 0.05) is 0 Å². The molecule has 94 valence electrons. The minimum Gasteiger partial charge on any atom is -0.340 e. The van der Waals surface area contributed by atoms with E-state index >= 15 is 0 Å². The minimum atomic E-state index is -4.79. The van der Waals surface area contributed by atoms with Crippen LogP contribution in [0.2, 0.25) is 0 Å². The summed E-state index contributed by atoms with van der Waals surface area (Å²) in [7, 11) is 0. The molecule has 2 rings (SSSR count). The fraction of sp³-hybridized carbons (Fsp3) is 0.111. The fourth-order valence-corrected chi connectivity index (χ4v) is 1.17. The van der Waals surface area contributed by atoms with Crippen LogP contribution in [0.3, 0.4) is 0 Å². The predicted molar refractivity (Wildman–Crippen MR) is 55.5 cm³/mol. The highest BCUT2D eigenvalue weighted by Gasteiger charge is 2.37. The molecule has 0 fully saturated rings. The van der Waals surface area contributed by atoms with E-state index in [9.17, 15) is 18.0 Å². The van der Waals surface area contributed by atoms with E-state index in [0.29, 0.717) is 0 Å². The molecule has 1 amide bonds. The molecule has 6 nitrogen and oxygen atoms in total. The zero-order chi connectivity index (χ0) is 13.3. The lowest BCUT2D eigenvalue weighted by molar-refractivity contribution is -0.126. The van der Waals surface area contributed by atoms with E-state index in [4.69, 9.17) is 0 Å². The van der Waals surface area contributed by atoms with Crippen molar-refractivity contribution in [3.05, 3.63) is 24.8 Å². The highest BCUT2D eigenvalue weighted by Crippen LogP contribution is 2.25. The molecular formula is C9H6F3N5O. The van der Waals surface area contributed by atoms with Crippen molar-refractivity contribution in [2.45, 2.75) is 6.18 Å². The van der Waals surface area contributed by atoms with Crippen LogP contribution in [0.1, 0.15) is 0 Å². The first-order valence-corrected chi connectivity index (χ1v) is 4.61. The molecule has 0 aliphatic heterocycles. The summed E-state index contributed by atoms with van der Waals surface area (Å²) in [4.78, 5) is 25.1. The number of nitrogens with zero attached hydrogens (tertiary/aromatic N) is 3. The summed E-state index contributed by atoms with van der Waals surface area (Å²) in [5.74, 6) is -1.47. The number of carbonyl (C=O) groups is 1. The highest BCUT2D eigenvalue weighted by atomic mass is 19.4. The standard InChI is InChI=1S/C9H6F3N5O/c1-4(9(10,11)12)8(18)17-7-5-6(14-2-13-5)15-3-16-7/h2-3H,1H2,(H2,13,14,15,16,17,18). The maximum atomic E-state index is 12.2. The molecule has 2 aromatic rings.